The third-order valence-electron chi connectivity index (χ3n) is 3.28. The fourth-order valence-electron chi connectivity index (χ4n) is 1.72. The molecule has 1 aromatic rings. The predicted molar refractivity (Wildman–Crippen MR) is 94.1 cm³/mol. The number of anilines is 1. The average Bonchev–Trinajstić information content (AvgIpc) is 2.54. The molecule has 0 unspecified atom stereocenters. The first-order chi connectivity index (χ1) is 10.8. The number of esters is 1. The van der Waals surface area contributed by atoms with Gasteiger partial charge >= 0.3 is 5.97 Å². The van der Waals surface area contributed by atoms with E-state index in [1.165, 1.54) is 7.11 Å². The van der Waals surface area contributed by atoms with Crippen molar-refractivity contribution in [2.75, 3.05) is 19.0 Å². The van der Waals surface area contributed by atoms with E-state index in [-0.39, 0.29) is 49.1 Å². The van der Waals surface area contributed by atoms with Gasteiger partial charge in [-0.3, -0.25) is 14.4 Å². The molecule has 8 heteroatoms. The van der Waals surface area contributed by atoms with E-state index in [1.54, 1.807) is 24.3 Å². The number of methoxy groups -OCH3 is 1. The van der Waals surface area contributed by atoms with E-state index in [9.17, 15) is 14.4 Å². The van der Waals surface area contributed by atoms with Gasteiger partial charge in [-0.1, -0.05) is 13.8 Å². The van der Waals surface area contributed by atoms with Crippen LogP contribution >= 0.6 is 12.4 Å². The molecule has 1 atom stereocenters. The molecule has 0 fully saturated rings. The Morgan fingerprint density at radius 3 is 2.25 bits per heavy atom. The SMILES string of the molecule is COC(=O)CCNC(=O)c1ccc(NC(=O)[C@@H](N)C(C)C)cc1.Cl. The lowest BCUT2D eigenvalue weighted by Crippen LogP contribution is -2.39. The van der Waals surface area contributed by atoms with Gasteiger partial charge in [-0.05, 0) is 30.2 Å². The second kappa shape index (κ2) is 10.6. The lowest BCUT2D eigenvalue weighted by molar-refractivity contribution is -0.140. The molecule has 0 saturated carbocycles. The smallest absolute Gasteiger partial charge is 0.307 e. The molecule has 134 valence electrons. The van der Waals surface area contributed by atoms with Gasteiger partial charge in [0.1, 0.15) is 0 Å². The van der Waals surface area contributed by atoms with Crippen LogP contribution < -0.4 is 16.4 Å². The number of carbonyl (C=O) groups excluding carboxylic acids is 3. The lowest BCUT2D eigenvalue weighted by atomic mass is 10.0. The molecule has 7 nitrogen and oxygen atoms in total. The van der Waals surface area contributed by atoms with Gasteiger partial charge < -0.3 is 21.1 Å². The number of nitrogens with two attached hydrogens (primary N) is 1. The summed E-state index contributed by atoms with van der Waals surface area (Å²) >= 11 is 0. The number of hydrogen-bond acceptors (Lipinski definition) is 5. The van der Waals surface area contributed by atoms with Crippen LogP contribution in [0.5, 0.6) is 0 Å². The zero-order chi connectivity index (χ0) is 17.4. The Labute approximate surface area is 147 Å². The summed E-state index contributed by atoms with van der Waals surface area (Å²) < 4.78 is 4.49. The van der Waals surface area contributed by atoms with Crippen LogP contribution in [0.3, 0.4) is 0 Å². The van der Waals surface area contributed by atoms with Gasteiger partial charge in [0.15, 0.2) is 0 Å². The van der Waals surface area contributed by atoms with E-state index in [2.05, 4.69) is 15.4 Å². The molecule has 0 aliphatic heterocycles. The Kier molecular flexibility index (Phi) is 9.68. The number of nitrogens with one attached hydrogen (secondary N) is 2. The monoisotopic (exact) mass is 357 g/mol. The summed E-state index contributed by atoms with van der Waals surface area (Å²) in [7, 11) is 1.29. The highest BCUT2D eigenvalue weighted by molar-refractivity contribution is 5.97. The summed E-state index contributed by atoms with van der Waals surface area (Å²) in [6, 6.07) is 5.84. The van der Waals surface area contributed by atoms with E-state index in [4.69, 9.17) is 5.73 Å². The zero-order valence-electron chi connectivity index (χ0n) is 14.0. The van der Waals surface area contributed by atoms with Crippen molar-refractivity contribution in [2.45, 2.75) is 26.3 Å². The van der Waals surface area contributed by atoms with Crippen LogP contribution in [0.4, 0.5) is 5.69 Å². The number of rotatable bonds is 7. The van der Waals surface area contributed by atoms with Crippen molar-refractivity contribution in [2.24, 2.45) is 11.7 Å². The van der Waals surface area contributed by atoms with E-state index in [0.29, 0.717) is 11.3 Å². The van der Waals surface area contributed by atoms with Crippen LogP contribution in [0, 0.1) is 5.92 Å². The normalized spacial score (nSPS) is 11.2. The van der Waals surface area contributed by atoms with E-state index in [0.717, 1.165) is 0 Å². The van der Waals surface area contributed by atoms with E-state index < -0.39 is 6.04 Å². The van der Waals surface area contributed by atoms with Gasteiger partial charge in [-0.2, -0.15) is 0 Å². The molecule has 1 rings (SSSR count). The maximum absolute atomic E-state index is 11.9. The van der Waals surface area contributed by atoms with Crippen molar-refractivity contribution < 1.29 is 19.1 Å². The third-order valence-corrected chi connectivity index (χ3v) is 3.28. The van der Waals surface area contributed by atoms with Gasteiger partial charge in [0.25, 0.3) is 5.91 Å². The molecule has 0 bridgehead atoms. The molecule has 0 radical (unpaired) electrons. The van der Waals surface area contributed by atoms with Crippen molar-refractivity contribution in [1.29, 1.82) is 0 Å². The molecule has 2 amide bonds. The number of hydrogen-bond donors (Lipinski definition) is 3. The molecule has 0 aromatic heterocycles. The van der Waals surface area contributed by atoms with Crippen LogP contribution in [0.2, 0.25) is 0 Å². The summed E-state index contributed by atoms with van der Waals surface area (Å²) in [5.74, 6) is -0.916. The average molecular weight is 358 g/mol. The van der Waals surface area contributed by atoms with E-state index in [1.807, 2.05) is 13.8 Å². The molecular formula is C16H24ClN3O4. The quantitative estimate of drug-likeness (QED) is 0.637. The summed E-state index contributed by atoms with van der Waals surface area (Å²) in [6.45, 7) is 3.94. The second-order valence-corrected chi connectivity index (χ2v) is 5.42. The first-order valence-electron chi connectivity index (χ1n) is 7.36. The van der Waals surface area contributed by atoms with Gasteiger partial charge in [0.2, 0.25) is 5.91 Å². The highest BCUT2D eigenvalue weighted by Crippen LogP contribution is 2.11. The molecule has 0 saturated heterocycles. The Hall–Kier alpha value is -2.12. The Morgan fingerprint density at radius 1 is 1.17 bits per heavy atom. The van der Waals surface area contributed by atoms with Crippen molar-refractivity contribution in [3.63, 3.8) is 0 Å². The topological polar surface area (TPSA) is 111 Å². The van der Waals surface area contributed by atoms with Crippen LogP contribution in [0.25, 0.3) is 0 Å². The fourth-order valence-corrected chi connectivity index (χ4v) is 1.72. The largest absolute Gasteiger partial charge is 0.469 e. The summed E-state index contributed by atoms with van der Waals surface area (Å²) in [6.07, 6.45) is 0.115. The van der Waals surface area contributed by atoms with Crippen LogP contribution in [0.15, 0.2) is 24.3 Å². The molecule has 0 aliphatic carbocycles. The summed E-state index contributed by atoms with van der Waals surface area (Å²) in [5.41, 5.74) is 6.76. The van der Waals surface area contributed by atoms with Crippen molar-refractivity contribution in [1.82, 2.24) is 5.32 Å². The lowest BCUT2D eigenvalue weighted by Gasteiger charge is -2.15. The number of amides is 2. The number of benzene rings is 1. The molecule has 0 heterocycles. The molecule has 0 spiro atoms. The van der Waals surface area contributed by atoms with Crippen LogP contribution in [-0.2, 0) is 14.3 Å². The minimum atomic E-state index is -0.587. The second-order valence-electron chi connectivity index (χ2n) is 5.42. The standard InChI is InChI=1S/C16H23N3O4.ClH/c1-10(2)14(17)16(22)19-12-6-4-11(5-7-12)15(21)18-9-8-13(20)23-3;/h4-7,10,14H,8-9,17H2,1-3H3,(H,18,21)(H,19,22);1H/t14-;/m0./s1. The number of ether oxygens (including phenoxy) is 1. The minimum absolute atomic E-state index is 0. The molecular weight excluding hydrogens is 334 g/mol. The predicted octanol–water partition coefficient (Wildman–Crippen LogP) is 1.32. The maximum atomic E-state index is 11.9. The van der Waals surface area contributed by atoms with E-state index >= 15 is 0 Å². The summed E-state index contributed by atoms with van der Waals surface area (Å²) in [5, 5.41) is 5.31. The Morgan fingerprint density at radius 2 is 1.75 bits per heavy atom. The zero-order valence-corrected chi connectivity index (χ0v) is 14.8. The summed E-state index contributed by atoms with van der Waals surface area (Å²) in [4.78, 5) is 34.7. The van der Waals surface area contributed by atoms with Crippen LogP contribution in [0.1, 0.15) is 30.6 Å². The number of halogens is 1. The first-order valence-corrected chi connectivity index (χ1v) is 7.36. The molecule has 4 N–H and O–H groups in total. The van der Waals surface area contributed by atoms with Crippen molar-refractivity contribution in [3.8, 4) is 0 Å². The van der Waals surface area contributed by atoms with Crippen LogP contribution in [-0.4, -0.2) is 37.5 Å². The fraction of sp³-hybridized carbons (Fsp3) is 0.438. The van der Waals surface area contributed by atoms with Gasteiger partial charge in [-0.15, -0.1) is 12.4 Å². The third kappa shape index (κ3) is 6.97. The highest BCUT2D eigenvalue weighted by atomic mass is 35.5. The van der Waals surface area contributed by atoms with Gasteiger partial charge in [0, 0.05) is 17.8 Å². The molecule has 0 aliphatic rings. The Bertz CT molecular complexity index is 561. The Balaban J connectivity index is 0.00000529. The minimum Gasteiger partial charge on any atom is -0.469 e. The molecule has 24 heavy (non-hydrogen) atoms. The van der Waals surface area contributed by atoms with Crippen molar-refractivity contribution in [3.05, 3.63) is 29.8 Å². The molecule has 1 aromatic carbocycles. The highest BCUT2D eigenvalue weighted by Gasteiger charge is 2.17. The van der Waals surface area contributed by atoms with Crippen molar-refractivity contribution >= 4 is 35.9 Å². The maximum Gasteiger partial charge on any atom is 0.307 e. The van der Waals surface area contributed by atoms with Gasteiger partial charge in [0.05, 0.1) is 19.6 Å². The van der Waals surface area contributed by atoms with Gasteiger partial charge in [-0.25, -0.2) is 0 Å². The number of carbonyl (C=O) groups is 3. The first kappa shape index (κ1) is 21.9.